The zero-order chi connectivity index (χ0) is 10.9. The van der Waals surface area contributed by atoms with E-state index in [0.29, 0.717) is 6.54 Å². The Labute approximate surface area is 91.8 Å². The monoisotopic (exact) mass is 231 g/mol. The Hall–Kier alpha value is -0.910. The summed E-state index contributed by atoms with van der Waals surface area (Å²) in [7, 11) is 0. The Morgan fingerprint density at radius 3 is 2.93 bits per heavy atom. The first-order valence-electron chi connectivity index (χ1n) is 4.89. The van der Waals surface area contributed by atoms with Crippen molar-refractivity contribution in [1.82, 2.24) is 4.90 Å². The molecule has 1 amide bonds. The van der Waals surface area contributed by atoms with Crippen LogP contribution in [0.25, 0.3) is 0 Å². The molecule has 0 aliphatic carbocycles. The summed E-state index contributed by atoms with van der Waals surface area (Å²) in [6.45, 7) is 0.230. The fourth-order valence-electron chi connectivity index (χ4n) is 1.90. The third kappa shape index (κ3) is 2.19. The Morgan fingerprint density at radius 1 is 1.60 bits per heavy atom. The molecule has 2 fully saturated rings. The van der Waals surface area contributed by atoms with Gasteiger partial charge in [-0.25, -0.2) is 4.79 Å². The maximum absolute atomic E-state index is 11.5. The molecule has 2 rings (SSSR count). The Morgan fingerprint density at radius 2 is 2.40 bits per heavy atom. The number of thioether (sulfide) groups is 1. The van der Waals surface area contributed by atoms with Crippen molar-refractivity contribution >= 4 is 23.8 Å². The maximum Gasteiger partial charge on any atom is 0.410 e. The molecule has 1 atom stereocenters. The first-order valence-corrected chi connectivity index (χ1v) is 6.04. The minimum atomic E-state index is -0.997. The van der Waals surface area contributed by atoms with E-state index in [9.17, 15) is 9.59 Å². The van der Waals surface area contributed by atoms with E-state index < -0.39 is 12.1 Å². The van der Waals surface area contributed by atoms with E-state index >= 15 is 0 Å². The highest BCUT2D eigenvalue weighted by Gasteiger charge is 2.43. The highest BCUT2D eigenvalue weighted by atomic mass is 32.2. The molecule has 6 heteroatoms. The van der Waals surface area contributed by atoms with Crippen LogP contribution in [-0.4, -0.2) is 52.3 Å². The van der Waals surface area contributed by atoms with Crippen LogP contribution in [-0.2, 0) is 9.53 Å². The van der Waals surface area contributed by atoms with Gasteiger partial charge in [0.1, 0.15) is 12.1 Å². The number of nitrogens with zero attached hydrogens (tertiary/aromatic N) is 1. The van der Waals surface area contributed by atoms with Gasteiger partial charge in [0.05, 0.1) is 0 Å². The highest BCUT2D eigenvalue weighted by molar-refractivity contribution is 7.99. The molecule has 84 valence electrons. The summed E-state index contributed by atoms with van der Waals surface area (Å²) >= 11 is 1.78. The molecule has 5 nitrogen and oxygen atoms in total. The van der Waals surface area contributed by atoms with Crippen LogP contribution in [0.5, 0.6) is 0 Å². The number of hydrogen-bond donors (Lipinski definition) is 1. The summed E-state index contributed by atoms with van der Waals surface area (Å²) in [5, 5.41) is 8.59. The third-order valence-electron chi connectivity index (χ3n) is 2.79. The van der Waals surface area contributed by atoms with Crippen molar-refractivity contribution < 1.29 is 19.4 Å². The van der Waals surface area contributed by atoms with Gasteiger partial charge >= 0.3 is 12.1 Å². The quantitative estimate of drug-likeness (QED) is 0.761. The third-order valence-corrected chi connectivity index (χ3v) is 4.02. The lowest BCUT2D eigenvalue weighted by atomic mass is 9.97. The number of rotatable bonds is 2. The second-order valence-corrected chi connectivity index (χ2v) is 5.02. The van der Waals surface area contributed by atoms with Crippen LogP contribution in [0.2, 0.25) is 0 Å². The number of carbonyl (C=O) groups is 2. The van der Waals surface area contributed by atoms with Gasteiger partial charge in [-0.05, 0) is 12.2 Å². The zero-order valence-corrected chi connectivity index (χ0v) is 9.09. The van der Waals surface area contributed by atoms with Gasteiger partial charge in [-0.15, -0.1) is 0 Å². The molecule has 2 saturated heterocycles. The minimum absolute atomic E-state index is 0.262. The van der Waals surface area contributed by atoms with Crippen molar-refractivity contribution in [2.24, 2.45) is 0 Å². The van der Waals surface area contributed by atoms with Crippen LogP contribution < -0.4 is 0 Å². The van der Waals surface area contributed by atoms with Crippen LogP contribution in [0.15, 0.2) is 0 Å². The van der Waals surface area contributed by atoms with E-state index in [4.69, 9.17) is 9.84 Å². The summed E-state index contributed by atoms with van der Waals surface area (Å²) in [4.78, 5) is 23.2. The number of carbonyl (C=O) groups excluding carboxylic acids is 1. The fraction of sp³-hybridized carbons (Fsp3) is 0.778. The topological polar surface area (TPSA) is 66.8 Å². The van der Waals surface area contributed by atoms with Gasteiger partial charge in [0.25, 0.3) is 0 Å². The van der Waals surface area contributed by atoms with Crippen LogP contribution in [0.1, 0.15) is 12.8 Å². The molecule has 2 heterocycles. The van der Waals surface area contributed by atoms with E-state index in [1.807, 2.05) is 0 Å². The average Bonchev–Trinajstić information content (AvgIpc) is 2.59. The van der Waals surface area contributed by atoms with Crippen molar-refractivity contribution in [2.45, 2.75) is 18.4 Å². The molecule has 0 aromatic heterocycles. The standard InChI is InChI=1S/C9H13NO4S/c11-7(12)5-10-3-1-9(14-8(10)13)2-4-15-6-9/h1-6H2,(H,11,12). The van der Waals surface area contributed by atoms with Crippen LogP contribution in [0.3, 0.4) is 0 Å². The highest BCUT2D eigenvalue weighted by Crippen LogP contribution is 2.37. The van der Waals surface area contributed by atoms with Crippen molar-refractivity contribution in [1.29, 1.82) is 0 Å². The molecule has 1 N–H and O–H groups in total. The predicted octanol–water partition coefficient (Wildman–Crippen LogP) is 0.789. The van der Waals surface area contributed by atoms with Gasteiger partial charge in [0, 0.05) is 18.7 Å². The van der Waals surface area contributed by atoms with E-state index in [-0.39, 0.29) is 12.1 Å². The molecule has 15 heavy (non-hydrogen) atoms. The van der Waals surface area contributed by atoms with Crippen molar-refractivity contribution in [3.63, 3.8) is 0 Å². The molecule has 0 aromatic carbocycles. The van der Waals surface area contributed by atoms with Crippen LogP contribution >= 0.6 is 11.8 Å². The Balaban J connectivity index is 1.96. The second kappa shape index (κ2) is 3.92. The van der Waals surface area contributed by atoms with Gasteiger partial charge in [-0.3, -0.25) is 9.69 Å². The van der Waals surface area contributed by atoms with E-state index in [1.54, 1.807) is 11.8 Å². The van der Waals surface area contributed by atoms with E-state index in [2.05, 4.69) is 0 Å². The summed E-state index contributed by atoms with van der Waals surface area (Å²) in [5.74, 6) is 0.870. The number of amides is 1. The Kier molecular flexibility index (Phi) is 2.77. The van der Waals surface area contributed by atoms with Crippen molar-refractivity contribution in [3.05, 3.63) is 0 Å². The number of ether oxygens (including phenoxy) is 1. The lowest BCUT2D eigenvalue weighted by Crippen LogP contribution is -2.51. The van der Waals surface area contributed by atoms with E-state index in [1.165, 1.54) is 4.90 Å². The maximum atomic E-state index is 11.5. The second-order valence-electron chi connectivity index (χ2n) is 3.92. The zero-order valence-electron chi connectivity index (χ0n) is 8.27. The van der Waals surface area contributed by atoms with Gasteiger partial charge in [0.2, 0.25) is 0 Å². The first-order chi connectivity index (χ1) is 7.11. The average molecular weight is 231 g/mol. The molecule has 0 bridgehead atoms. The summed E-state index contributed by atoms with van der Waals surface area (Å²) in [6.07, 6.45) is 1.16. The molecule has 0 aromatic rings. The number of carboxylic acid groups (broad SMARTS) is 1. The van der Waals surface area contributed by atoms with Crippen molar-refractivity contribution in [2.75, 3.05) is 24.6 Å². The first kappa shape index (κ1) is 10.6. The van der Waals surface area contributed by atoms with Gasteiger partial charge in [0.15, 0.2) is 0 Å². The van der Waals surface area contributed by atoms with Crippen molar-refractivity contribution in [3.8, 4) is 0 Å². The molecule has 1 spiro atoms. The van der Waals surface area contributed by atoms with Gasteiger partial charge in [-0.1, -0.05) is 0 Å². The molecule has 2 aliphatic heterocycles. The lowest BCUT2D eigenvalue weighted by molar-refractivity contribution is -0.139. The van der Waals surface area contributed by atoms with E-state index in [0.717, 1.165) is 24.3 Å². The Bertz CT molecular complexity index is 288. The molecule has 1 unspecified atom stereocenters. The molecule has 0 radical (unpaired) electrons. The molecule has 0 saturated carbocycles. The molecular weight excluding hydrogens is 218 g/mol. The summed E-state index contributed by atoms with van der Waals surface area (Å²) in [5.41, 5.74) is -0.309. The minimum Gasteiger partial charge on any atom is -0.480 e. The molecule has 2 aliphatic rings. The fourth-order valence-corrected chi connectivity index (χ4v) is 3.28. The number of aliphatic carboxylic acids is 1. The summed E-state index contributed by atoms with van der Waals surface area (Å²) < 4.78 is 5.35. The summed E-state index contributed by atoms with van der Waals surface area (Å²) in [6, 6.07) is 0. The SMILES string of the molecule is O=C(O)CN1CCC2(CCSC2)OC1=O. The number of carboxylic acids is 1. The normalized spacial score (nSPS) is 30.7. The van der Waals surface area contributed by atoms with Crippen LogP contribution in [0.4, 0.5) is 4.79 Å². The number of hydrogen-bond acceptors (Lipinski definition) is 4. The van der Waals surface area contributed by atoms with Crippen LogP contribution in [0, 0.1) is 0 Å². The molecular formula is C9H13NO4S. The lowest BCUT2D eigenvalue weighted by Gasteiger charge is -2.37. The largest absolute Gasteiger partial charge is 0.480 e. The van der Waals surface area contributed by atoms with Gasteiger partial charge < -0.3 is 9.84 Å². The smallest absolute Gasteiger partial charge is 0.410 e. The van der Waals surface area contributed by atoms with Gasteiger partial charge in [-0.2, -0.15) is 11.8 Å². The predicted molar refractivity (Wildman–Crippen MR) is 55.0 cm³/mol.